The maximum Gasteiger partial charge on any atom is 0.222 e. The predicted octanol–water partition coefficient (Wildman–Crippen LogP) is 0.718. The van der Waals surface area contributed by atoms with E-state index in [4.69, 9.17) is 5.73 Å². The van der Waals surface area contributed by atoms with E-state index in [1.807, 2.05) is 13.1 Å². The maximum absolute atomic E-state index is 5.35. The van der Waals surface area contributed by atoms with Gasteiger partial charge in [-0.25, -0.2) is 9.97 Å². The molecule has 0 atom stereocenters. The second-order valence-corrected chi connectivity index (χ2v) is 2.87. The Morgan fingerprint density at radius 2 is 2.31 bits per heavy atom. The summed E-state index contributed by atoms with van der Waals surface area (Å²) < 4.78 is 0. The number of hydrogen-bond donors (Lipinski definition) is 2. The average molecular weight is 180 g/mol. The van der Waals surface area contributed by atoms with E-state index in [1.165, 1.54) is 5.56 Å². The van der Waals surface area contributed by atoms with Crippen LogP contribution >= 0.6 is 0 Å². The molecule has 0 unspecified atom stereocenters. The SMILES string of the molecule is CCc1cnc(NCCN)nc1C. The summed E-state index contributed by atoms with van der Waals surface area (Å²) >= 11 is 0. The summed E-state index contributed by atoms with van der Waals surface area (Å²) in [6.07, 6.45) is 2.84. The molecule has 0 bridgehead atoms. The van der Waals surface area contributed by atoms with Crippen molar-refractivity contribution in [1.82, 2.24) is 9.97 Å². The first-order valence-electron chi connectivity index (χ1n) is 4.54. The topological polar surface area (TPSA) is 63.8 Å². The van der Waals surface area contributed by atoms with Crippen LogP contribution in [0.1, 0.15) is 18.2 Å². The van der Waals surface area contributed by atoms with E-state index in [9.17, 15) is 0 Å². The van der Waals surface area contributed by atoms with Crippen LogP contribution in [0.5, 0.6) is 0 Å². The Morgan fingerprint density at radius 1 is 1.54 bits per heavy atom. The fraction of sp³-hybridized carbons (Fsp3) is 0.556. The zero-order valence-electron chi connectivity index (χ0n) is 8.17. The molecule has 1 aromatic heterocycles. The van der Waals surface area contributed by atoms with Crippen LogP contribution in [-0.2, 0) is 6.42 Å². The molecule has 0 aromatic carbocycles. The van der Waals surface area contributed by atoms with Crippen LogP contribution in [0.4, 0.5) is 5.95 Å². The van der Waals surface area contributed by atoms with Crippen molar-refractivity contribution in [3.05, 3.63) is 17.5 Å². The van der Waals surface area contributed by atoms with Gasteiger partial charge in [0.15, 0.2) is 0 Å². The molecule has 13 heavy (non-hydrogen) atoms. The maximum atomic E-state index is 5.35. The van der Waals surface area contributed by atoms with Gasteiger partial charge < -0.3 is 11.1 Å². The van der Waals surface area contributed by atoms with Gasteiger partial charge in [0.2, 0.25) is 5.95 Å². The molecule has 4 nitrogen and oxygen atoms in total. The third kappa shape index (κ3) is 2.66. The Labute approximate surface area is 78.6 Å². The van der Waals surface area contributed by atoms with Gasteiger partial charge in [0.1, 0.15) is 0 Å². The number of nitrogens with one attached hydrogen (secondary N) is 1. The molecule has 1 rings (SSSR count). The lowest BCUT2D eigenvalue weighted by Crippen LogP contribution is -2.15. The summed E-state index contributed by atoms with van der Waals surface area (Å²) in [5.41, 5.74) is 7.58. The Bertz CT molecular complexity index is 272. The normalized spacial score (nSPS) is 10.1. The first-order chi connectivity index (χ1) is 6.27. The summed E-state index contributed by atoms with van der Waals surface area (Å²) in [5.74, 6) is 0.667. The van der Waals surface area contributed by atoms with Gasteiger partial charge >= 0.3 is 0 Å². The second kappa shape index (κ2) is 4.77. The van der Waals surface area contributed by atoms with Gasteiger partial charge in [-0.2, -0.15) is 0 Å². The highest BCUT2D eigenvalue weighted by atomic mass is 15.1. The van der Waals surface area contributed by atoms with E-state index in [0.29, 0.717) is 19.0 Å². The van der Waals surface area contributed by atoms with Crippen molar-refractivity contribution in [2.75, 3.05) is 18.4 Å². The number of hydrogen-bond acceptors (Lipinski definition) is 4. The summed E-state index contributed by atoms with van der Waals surface area (Å²) in [6.45, 7) is 5.40. The van der Waals surface area contributed by atoms with Gasteiger partial charge in [0.25, 0.3) is 0 Å². The van der Waals surface area contributed by atoms with Crippen LogP contribution in [0.2, 0.25) is 0 Å². The van der Waals surface area contributed by atoms with Crippen LogP contribution in [0.25, 0.3) is 0 Å². The number of aryl methyl sites for hydroxylation is 2. The number of rotatable bonds is 4. The molecule has 0 aliphatic heterocycles. The lowest BCUT2D eigenvalue weighted by molar-refractivity contribution is 0.953. The molecule has 0 fully saturated rings. The molecule has 0 aliphatic rings. The molecular formula is C9H16N4. The zero-order valence-corrected chi connectivity index (χ0v) is 8.17. The highest BCUT2D eigenvalue weighted by molar-refractivity contribution is 5.28. The van der Waals surface area contributed by atoms with Gasteiger partial charge in [0, 0.05) is 25.0 Å². The lowest BCUT2D eigenvalue weighted by Gasteiger charge is -2.05. The third-order valence-corrected chi connectivity index (χ3v) is 1.89. The minimum Gasteiger partial charge on any atom is -0.353 e. The van der Waals surface area contributed by atoms with Crippen molar-refractivity contribution in [3.8, 4) is 0 Å². The first-order valence-corrected chi connectivity index (χ1v) is 4.54. The van der Waals surface area contributed by atoms with Gasteiger partial charge in [0.05, 0.1) is 0 Å². The number of nitrogens with zero attached hydrogens (tertiary/aromatic N) is 2. The largest absolute Gasteiger partial charge is 0.353 e. The molecule has 0 aliphatic carbocycles. The quantitative estimate of drug-likeness (QED) is 0.716. The van der Waals surface area contributed by atoms with E-state index in [0.717, 1.165) is 12.1 Å². The Balaban J connectivity index is 2.71. The molecule has 0 saturated carbocycles. The van der Waals surface area contributed by atoms with Crippen molar-refractivity contribution in [3.63, 3.8) is 0 Å². The van der Waals surface area contributed by atoms with Crippen molar-refractivity contribution in [1.29, 1.82) is 0 Å². The van der Waals surface area contributed by atoms with Crippen molar-refractivity contribution < 1.29 is 0 Å². The smallest absolute Gasteiger partial charge is 0.222 e. The molecule has 1 heterocycles. The molecule has 72 valence electrons. The van der Waals surface area contributed by atoms with Crippen LogP contribution in [0.3, 0.4) is 0 Å². The average Bonchev–Trinajstić information content (AvgIpc) is 2.15. The summed E-state index contributed by atoms with van der Waals surface area (Å²) in [4.78, 5) is 8.47. The molecule has 0 radical (unpaired) electrons. The molecule has 0 saturated heterocycles. The lowest BCUT2D eigenvalue weighted by atomic mass is 10.2. The fourth-order valence-corrected chi connectivity index (χ4v) is 1.11. The minimum absolute atomic E-state index is 0.595. The standard InChI is InChI=1S/C9H16N4/c1-3-8-6-12-9(11-5-4-10)13-7(8)2/h6H,3-5,10H2,1-2H3,(H,11,12,13). The Kier molecular flexibility index (Phi) is 3.64. The molecule has 0 amide bonds. The van der Waals surface area contributed by atoms with Crippen molar-refractivity contribution in [2.45, 2.75) is 20.3 Å². The van der Waals surface area contributed by atoms with Crippen LogP contribution in [-0.4, -0.2) is 23.1 Å². The second-order valence-electron chi connectivity index (χ2n) is 2.87. The van der Waals surface area contributed by atoms with E-state index in [-0.39, 0.29) is 0 Å². The highest BCUT2D eigenvalue weighted by Gasteiger charge is 1.99. The molecule has 4 heteroatoms. The molecule has 3 N–H and O–H groups in total. The highest BCUT2D eigenvalue weighted by Crippen LogP contribution is 2.06. The fourth-order valence-electron chi connectivity index (χ4n) is 1.11. The zero-order chi connectivity index (χ0) is 9.68. The monoisotopic (exact) mass is 180 g/mol. The van der Waals surface area contributed by atoms with E-state index in [1.54, 1.807) is 0 Å². The van der Waals surface area contributed by atoms with E-state index in [2.05, 4.69) is 22.2 Å². The Hall–Kier alpha value is -1.16. The first kappa shape index (κ1) is 9.92. The number of aromatic nitrogens is 2. The van der Waals surface area contributed by atoms with Crippen LogP contribution < -0.4 is 11.1 Å². The molecule has 0 spiro atoms. The van der Waals surface area contributed by atoms with Gasteiger partial charge in [-0.05, 0) is 18.9 Å². The predicted molar refractivity (Wildman–Crippen MR) is 53.7 cm³/mol. The van der Waals surface area contributed by atoms with Gasteiger partial charge in [-0.1, -0.05) is 6.92 Å². The summed E-state index contributed by atoms with van der Waals surface area (Å²) in [7, 11) is 0. The van der Waals surface area contributed by atoms with Crippen molar-refractivity contribution in [2.24, 2.45) is 5.73 Å². The van der Waals surface area contributed by atoms with Crippen molar-refractivity contribution >= 4 is 5.95 Å². The third-order valence-electron chi connectivity index (χ3n) is 1.89. The van der Waals surface area contributed by atoms with Crippen LogP contribution in [0.15, 0.2) is 6.20 Å². The van der Waals surface area contributed by atoms with E-state index < -0.39 is 0 Å². The van der Waals surface area contributed by atoms with E-state index >= 15 is 0 Å². The number of nitrogens with two attached hydrogens (primary N) is 1. The summed E-state index contributed by atoms with van der Waals surface area (Å²) in [5, 5.41) is 3.04. The van der Waals surface area contributed by atoms with Gasteiger partial charge in [-0.15, -0.1) is 0 Å². The molecule has 1 aromatic rings. The molecular weight excluding hydrogens is 164 g/mol. The number of anilines is 1. The van der Waals surface area contributed by atoms with Crippen LogP contribution in [0, 0.1) is 6.92 Å². The summed E-state index contributed by atoms with van der Waals surface area (Å²) in [6, 6.07) is 0. The minimum atomic E-state index is 0.595. The Morgan fingerprint density at radius 3 is 2.85 bits per heavy atom. The van der Waals surface area contributed by atoms with Gasteiger partial charge in [-0.3, -0.25) is 0 Å².